The van der Waals surface area contributed by atoms with Crippen LogP contribution in [0, 0.1) is 0 Å². The molecule has 0 aliphatic heterocycles. The normalized spacial score (nSPS) is 3.80. The first-order valence-electron chi connectivity index (χ1n) is 0.827. The van der Waals surface area contributed by atoms with Crippen molar-refractivity contribution >= 4 is 18.2 Å². The maximum Gasteiger partial charge on any atom is 0.173 e. The van der Waals surface area contributed by atoms with E-state index in [9.17, 15) is 0 Å². The average molecular weight is 94.1 g/mol. The number of thiol groups is 1. The predicted octanol–water partition coefficient (Wildman–Crippen LogP) is -1.07. The molecule has 5 heavy (non-hydrogen) atoms. The Morgan fingerprint density at radius 3 is 1.60 bits per heavy atom. The molecular formula is CH6N2OS. The Balaban J connectivity index is 0. The van der Waals surface area contributed by atoms with Crippen molar-refractivity contribution in [2.75, 3.05) is 0 Å². The van der Waals surface area contributed by atoms with E-state index in [2.05, 4.69) is 24.3 Å². The van der Waals surface area contributed by atoms with Crippen molar-refractivity contribution in [3.05, 3.63) is 0 Å². The molecule has 0 aromatic heterocycles. The van der Waals surface area contributed by atoms with Gasteiger partial charge in [0.1, 0.15) is 0 Å². The van der Waals surface area contributed by atoms with Gasteiger partial charge in [0.25, 0.3) is 0 Å². The van der Waals surface area contributed by atoms with Gasteiger partial charge in [-0.3, -0.25) is 16.5 Å². The number of carbonyl (C=O) groups is 1. The van der Waals surface area contributed by atoms with Crippen LogP contribution < -0.4 is 11.7 Å². The standard InChI is InChI=1S/CH2OS.H4N2/c2-1-3;1-2/h1H,(H,2,3);1-2H2. The number of nitrogens with two attached hydrogens (primary N) is 2. The molecule has 0 fully saturated rings. The lowest BCUT2D eigenvalue weighted by atomic mass is 11.8. The Morgan fingerprint density at radius 1 is 1.60 bits per heavy atom. The summed E-state index contributed by atoms with van der Waals surface area (Å²) in [6, 6.07) is 0. The minimum absolute atomic E-state index is 0.444. The zero-order chi connectivity index (χ0) is 4.71. The second-order valence-corrected chi connectivity index (χ2v) is 0.316. The van der Waals surface area contributed by atoms with Crippen LogP contribution in [0.25, 0.3) is 0 Å². The van der Waals surface area contributed by atoms with Crippen molar-refractivity contribution in [2.24, 2.45) is 11.7 Å². The van der Waals surface area contributed by atoms with Crippen LogP contribution in [0.4, 0.5) is 0 Å². The third-order valence-electron chi connectivity index (χ3n) is 0. The van der Waals surface area contributed by atoms with Crippen molar-refractivity contribution in [2.45, 2.75) is 0 Å². The van der Waals surface area contributed by atoms with Crippen molar-refractivity contribution in [3.63, 3.8) is 0 Å². The molecule has 0 rings (SSSR count). The number of hydrogen-bond acceptors (Lipinski definition) is 3. The molecule has 0 aromatic carbocycles. The zero-order valence-corrected chi connectivity index (χ0v) is 3.48. The lowest BCUT2D eigenvalue weighted by Gasteiger charge is -1.27. The predicted molar refractivity (Wildman–Crippen MR) is 24.1 cm³/mol. The molecule has 0 amide bonds. The molecule has 0 spiro atoms. The van der Waals surface area contributed by atoms with Crippen LogP contribution >= 0.6 is 12.6 Å². The summed E-state index contributed by atoms with van der Waals surface area (Å²) in [7, 11) is 0. The molecule has 4 heteroatoms. The van der Waals surface area contributed by atoms with Gasteiger partial charge in [-0.2, -0.15) is 0 Å². The molecule has 0 saturated heterocycles. The molecule has 0 radical (unpaired) electrons. The maximum absolute atomic E-state index is 8.67. The highest BCUT2D eigenvalue weighted by molar-refractivity contribution is 7.94. The second-order valence-electron chi connectivity index (χ2n) is 0.105. The molecule has 4 N–H and O–H groups in total. The van der Waals surface area contributed by atoms with Crippen molar-refractivity contribution in [1.82, 2.24) is 0 Å². The molecule has 3 nitrogen and oxygen atoms in total. The summed E-state index contributed by atoms with van der Waals surface area (Å²) in [5, 5.41) is 0. The molecule has 0 aliphatic rings. The van der Waals surface area contributed by atoms with E-state index in [0.29, 0.717) is 5.62 Å². The molecule has 0 saturated carbocycles. The topological polar surface area (TPSA) is 69.1 Å². The SMILES string of the molecule is NN.O=CS. The highest BCUT2D eigenvalue weighted by Gasteiger charge is 1.24. The smallest absolute Gasteiger partial charge is 0.173 e. The number of carbonyl (C=O) groups excluding carboxylic acids is 1. The number of hydrazine groups is 1. The fraction of sp³-hybridized carbons (Fsp3) is 0. The Kier molecular flexibility index (Phi) is 68.4. The number of hydrogen-bond donors (Lipinski definition) is 3. The maximum atomic E-state index is 8.67. The van der Waals surface area contributed by atoms with E-state index in [1.807, 2.05) is 0 Å². The third kappa shape index (κ3) is 4120. The van der Waals surface area contributed by atoms with E-state index in [-0.39, 0.29) is 0 Å². The summed E-state index contributed by atoms with van der Waals surface area (Å²) >= 11 is 3.11. The first-order valence-corrected chi connectivity index (χ1v) is 1.34. The van der Waals surface area contributed by atoms with Crippen LogP contribution in [-0.4, -0.2) is 5.62 Å². The van der Waals surface area contributed by atoms with Crippen LogP contribution in [-0.2, 0) is 4.79 Å². The Bertz CT molecular complexity index is 17.1. The summed E-state index contributed by atoms with van der Waals surface area (Å²) in [6.07, 6.45) is 0. The van der Waals surface area contributed by atoms with E-state index in [4.69, 9.17) is 4.79 Å². The van der Waals surface area contributed by atoms with Crippen molar-refractivity contribution in [1.29, 1.82) is 0 Å². The molecule has 0 heterocycles. The summed E-state index contributed by atoms with van der Waals surface area (Å²) in [6.45, 7) is 0. The largest absolute Gasteiger partial charge is 0.291 e. The monoisotopic (exact) mass is 94.0 g/mol. The van der Waals surface area contributed by atoms with E-state index in [1.165, 1.54) is 0 Å². The molecular weight excluding hydrogens is 88.1 g/mol. The average Bonchev–Trinajstić information content (AvgIpc) is 1.46. The van der Waals surface area contributed by atoms with Crippen LogP contribution in [0.15, 0.2) is 0 Å². The molecule has 32 valence electrons. The van der Waals surface area contributed by atoms with E-state index < -0.39 is 0 Å². The van der Waals surface area contributed by atoms with Gasteiger partial charge < -0.3 is 0 Å². The summed E-state index contributed by atoms with van der Waals surface area (Å²) < 4.78 is 0. The minimum atomic E-state index is 0.444. The fourth-order valence-corrected chi connectivity index (χ4v) is 0. The van der Waals surface area contributed by atoms with Crippen LogP contribution in [0.1, 0.15) is 0 Å². The Morgan fingerprint density at radius 2 is 1.60 bits per heavy atom. The van der Waals surface area contributed by atoms with Crippen molar-refractivity contribution in [3.8, 4) is 0 Å². The summed E-state index contributed by atoms with van der Waals surface area (Å²) in [5.74, 6) is 8.00. The van der Waals surface area contributed by atoms with E-state index >= 15 is 0 Å². The molecule has 0 bridgehead atoms. The van der Waals surface area contributed by atoms with Gasteiger partial charge >= 0.3 is 0 Å². The van der Waals surface area contributed by atoms with Gasteiger partial charge in [0.15, 0.2) is 5.62 Å². The molecule has 0 atom stereocenters. The van der Waals surface area contributed by atoms with Gasteiger partial charge in [0.05, 0.1) is 0 Å². The molecule has 0 aliphatic carbocycles. The summed E-state index contributed by atoms with van der Waals surface area (Å²) in [4.78, 5) is 8.67. The lowest BCUT2D eigenvalue weighted by Crippen LogP contribution is -2.02. The van der Waals surface area contributed by atoms with Crippen LogP contribution in [0.2, 0.25) is 0 Å². The van der Waals surface area contributed by atoms with E-state index in [1.54, 1.807) is 0 Å². The van der Waals surface area contributed by atoms with Gasteiger partial charge in [-0.1, -0.05) is 0 Å². The highest BCUT2D eigenvalue weighted by Crippen LogP contribution is 1.39. The second kappa shape index (κ2) is 38.5. The first-order chi connectivity index (χ1) is 2.41. The van der Waals surface area contributed by atoms with Gasteiger partial charge in [-0.25, -0.2) is 0 Å². The van der Waals surface area contributed by atoms with Crippen LogP contribution in [0.5, 0.6) is 0 Å². The van der Waals surface area contributed by atoms with Gasteiger partial charge in [0.2, 0.25) is 0 Å². The first kappa shape index (κ1) is 8.87. The highest BCUT2D eigenvalue weighted by atomic mass is 32.1. The Hall–Kier alpha value is -0.0600. The third-order valence-corrected chi connectivity index (χ3v) is 0. The van der Waals surface area contributed by atoms with Gasteiger partial charge in [-0.05, 0) is 0 Å². The number of rotatable bonds is 0. The minimum Gasteiger partial charge on any atom is -0.291 e. The van der Waals surface area contributed by atoms with Crippen LogP contribution in [0.3, 0.4) is 0 Å². The fourth-order valence-electron chi connectivity index (χ4n) is 0. The van der Waals surface area contributed by atoms with Gasteiger partial charge in [0, 0.05) is 0 Å². The summed E-state index contributed by atoms with van der Waals surface area (Å²) in [5.41, 5.74) is 0.444. The molecule has 0 unspecified atom stereocenters. The molecule has 0 aromatic rings. The van der Waals surface area contributed by atoms with Gasteiger partial charge in [-0.15, -0.1) is 12.6 Å². The van der Waals surface area contributed by atoms with Crippen molar-refractivity contribution < 1.29 is 4.79 Å². The Labute approximate surface area is 35.7 Å². The zero-order valence-electron chi connectivity index (χ0n) is 2.59. The lowest BCUT2D eigenvalue weighted by molar-refractivity contribution is 0.570. The van der Waals surface area contributed by atoms with E-state index in [0.717, 1.165) is 0 Å². The quantitative estimate of drug-likeness (QED) is 0.155.